The first-order valence-electron chi connectivity index (χ1n) is 10.8. The molecule has 0 saturated carbocycles. The molecule has 2 aliphatic heterocycles. The van der Waals surface area contributed by atoms with Crippen LogP contribution in [0, 0.1) is 0 Å². The summed E-state index contributed by atoms with van der Waals surface area (Å²) in [5, 5.41) is 4.45. The van der Waals surface area contributed by atoms with Gasteiger partial charge in [-0.3, -0.25) is 9.59 Å². The molecular formula is C25H24ClN3O3. The molecule has 5 rings (SSSR count). The monoisotopic (exact) mass is 449 g/mol. The fourth-order valence-electron chi connectivity index (χ4n) is 4.51. The number of carbonyl (C=O) groups excluding carboxylic acids is 2. The van der Waals surface area contributed by atoms with Gasteiger partial charge in [0.2, 0.25) is 0 Å². The van der Waals surface area contributed by atoms with Crippen LogP contribution in [0.1, 0.15) is 31.4 Å². The van der Waals surface area contributed by atoms with Gasteiger partial charge in [0, 0.05) is 40.8 Å². The Morgan fingerprint density at radius 1 is 1.28 bits per heavy atom. The highest BCUT2D eigenvalue weighted by Crippen LogP contribution is 2.37. The fourth-order valence-corrected chi connectivity index (χ4v) is 4.69. The van der Waals surface area contributed by atoms with E-state index in [1.807, 2.05) is 6.20 Å². The lowest BCUT2D eigenvalue weighted by atomic mass is 9.95. The average Bonchev–Trinajstić information content (AvgIpc) is 3.24. The molecule has 0 bridgehead atoms. The molecule has 2 aromatic carbocycles. The third-order valence-electron chi connectivity index (χ3n) is 6.37. The van der Waals surface area contributed by atoms with Gasteiger partial charge in [0.15, 0.2) is 0 Å². The van der Waals surface area contributed by atoms with Crippen LogP contribution < -0.4 is 10.1 Å². The molecule has 32 heavy (non-hydrogen) atoms. The standard InChI is InChI=1S/C25H24ClN3O3/c1-3-15-5-4-6-18-19(14-27-22(15)18)16-9-11-29(12-10-16)24(31)25(2)23(30)28-20-13-17(26)7-8-21(20)32-25/h4-9,13-14,27H,3,10-12H2,1-2H3,(H,28,30). The van der Waals surface area contributed by atoms with Crippen LogP contribution in [0.15, 0.2) is 48.7 Å². The second-order valence-corrected chi connectivity index (χ2v) is 8.79. The van der Waals surface area contributed by atoms with Gasteiger partial charge in [-0.25, -0.2) is 0 Å². The Balaban J connectivity index is 1.37. The SMILES string of the molecule is CCc1cccc2c(C3=CCN(C(=O)C4(C)Oc5ccc(Cl)cc5NC4=O)CC3)c[nH]c12. The molecule has 0 spiro atoms. The molecule has 0 aliphatic carbocycles. The van der Waals surface area contributed by atoms with Crippen LogP contribution >= 0.6 is 11.6 Å². The van der Waals surface area contributed by atoms with E-state index >= 15 is 0 Å². The molecule has 6 nitrogen and oxygen atoms in total. The summed E-state index contributed by atoms with van der Waals surface area (Å²) in [6, 6.07) is 11.3. The lowest BCUT2D eigenvalue weighted by Crippen LogP contribution is -2.60. The number of aromatic nitrogens is 1. The highest BCUT2D eigenvalue weighted by molar-refractivity contribution is 6.31. The molecule has 2 amide bonds. The van der Waals surface area contributed by atoms with Gasteiger partial charge in [0.05, 0.1) is 5.69 Å². The average molecular weight is 450 g/mol. The lowest BCUT2D eigenvalue weighted by molar-refractivity contribution is -0.154. The second-order valence-electron chi connectivity index (χ2n) is 8.36. The molecule has 0 fully saturated rings. The number of rotatable bonds is 3. The van der Waals surface area contributed by atoms with Crippen LogP contribution in [0.3, 0.4) is 0 Å². The summed E-state index contributed by atoms with van der Waals surface area (Å²) in [7, 11) is 0. The minimum absolute atomic E-state index is 0.349. The van der Waals surface area contributed by atoms with E-state index in [1.54, 1.807) is 23.1 Å². The van der Waals surface area contributed by atoms with Crippen molar-refractivity contribution in [2.45, 2.75) is 32.3 Å². The zero-order valence-electron chi connectivity index (χ0n) is 18.0. The molecule has 3 aromatic rings. The largest absolute Gasteiger partial charge is 0.466 e. The summed E-state index contributed by atoms with van der Waals surface area (Å²) in [6.07, 6.45) is 5.79. The van der Waals surface area contributed by atoms with Crippen molar-refractivity contribution in [2.75, 3.05) is 18.4 Å². The normalized spacial score (nSPS) is 20.4. The molecule has 0 radical (unpaired) electrons. The fraction of sp³-hybridized carbons (Fsp3) is 0.280. The topological polar surface area (TPSA) is 74.4 Å². The Morgan fingerprint density at radius 3 is 2.88 bits per heavy atom. The molecule has 1 atom stereocenters. The molecule has 3 heterocycles. The van der Waals surface area contributed by atoms with E-state index in [0.717, 1.165) is 6.42 Å². The van der Waals surface area contributed by atoms with Crippen molar-refractivity contribution < 1.29 is 14.3 Å². The van der Waals surface area contributed by atoms with Crippen molar-refractivity contribution >= 4 is 45.6 Å². The summed E-state index contributed by atoms with van der Waals surface area (Å²) in [4.78, 5) is 31.2. The Labute approximate surface area is 191 Å². The Bertz CT molecular complexity index is 1280. The number of fused-ring (bicyclic) bond motifs is 2. The van der Waals surface area contributed by atoms with Crippen LogP contribution in [0.4, 0.5) is 5.69 Å². The van der Waals surface area contributed by atoms with Gasteiger partial charge in [-0.05, 0) is 49.1 Å². The Morgan fingerprint density at radius 2 is 2.12 bits per heavy atom. The molecule has 1 aromatic heterocycles. The maximum absolute atomic E-state index is 13.3. The van der Waals surface area contributed by atoms with E-state index in [2.05, 4.69) is 41.5 Å². The molecule has 7 heteroatoms. The van der Waals surface area contributed by atoms with Crippen LogP contribution in [0.25, 0.3) is 16.5 Å². The van der Waals surface area contributed by atoms with Crippen molar-refractivity contribution in [1.29, 1.82) is 0 Å². The van der Waals surface area contributed by atoms with Gasteiger partial charge in [-0.2, -0.15) is 0 Å². The minimum Gasteiger partial charge on any atom is -0.466 e. The van der Waals surface area contributed by atoms with Crippen LogP contribution in [0.2, 0.25) is 5.02 Å². The highest BCUT2D eigenvalue weighted by atomic mass is 35.5. The van der Waals surface area contributed by atoms with Crippen molar-refractivity contribution in [3.63, 3.8) is 0 Å². The summed E-state index contributed by atoms with van der Waals surface area (Å²) in [6.45, 7) is 4.61. The number of ether oxygens (including phenoxy) is 1. The van der Waals surface area contributed by atoms with Gasteiger partial charge in [0.25, 0.3) is 17.4 Å². The van der Waals surface area contributed by atoms with Gasteiger partial charge in [0.1, 0.15) is 5.75 Å². The molecular weight excluding hydrogens is 426 g/mol. The number of halogens is 1. The van der Waals surface area contributed by atoms with Gasteiger partial charge >= 0.3 is 0 Å². The van der Waals surface area contributed by atoms with E-state index < -0.39 is 11.5 Å². The predicted octanol–water partition coefficient (Wildman–Crippen LogP) is 4.79. The first-order valence-corrected chi connectivity index (χ1v) is 11.2. The molecule has 2 N–H and O–H groups in total. The number of para-hydroxylation sites is 1. The molecule has 0 saturated heterocycles. The van der Waals surface area contributed by atoms with Crippen molar-refractivity contribution in [2.24, 2.45) is 0 Å². The summed E-state index contributed by atoms with van der Waals surface area (Å²) in [5.74, 6) is -0.405. The maximum atomic E-state index is 13.3. The van der Waals surface area contributed by atoms with E-state index in [0.29, 0.717) is 36.0 Å². The number of H-pyrrole nitrogens is 1. The van der Waals surface area contributed by atoms with E-state index in [4.69, 9.17) is 16.3 Å². The third-order valence-corrected chi connectivity index (χ3v) is 6.61. The summed E-state index contributed by atoms with van der Waals surface area (Å²) in [5.41, 5.74) is 3.68. The zero-order chi connectivity index (χ0) is 22.5. The van der Waals surface area contributed by atoms with E-state index in [1.165, 1.54) is 34.5 Å². The number of hydrogen-bond donors (Lipinski definition) is 2. The van der Waals surface area contributed by atoms with Crippen LogP contribution in [0.5, 0.6) is 5.75 Å². The van der Waals surface area contributed by atoms with Crippen LogP contribution in [-0.4, -0.2) is 40.4 Å². The number of nitrogens with zero attached hydrogens (tertiary/aromatic N) is 1. The number of benzene rings is 2. The molecule has 1 unspecified atom stereocenters. The van der Waals surface area contributed by atoms with Gasteiger partial charge in [-0.15, -0.1) is 0 Å². The Hall–Kier alpha value is -3.25. The number of aryl methyl sites for hydroxylation is 1. The van der Waals surface area contributed by atoms with Crippen LogP contribution in [-0.2, 0) is 16.0 Å². The maximum Gasteiger partial charge on any atom is 0.278 e. The molecule has 164 valence electrons. The summed E-state index contributed by atoms with van der Waals surface area (Å²) < 4.78 is 5.90. The van der Waals surface area contributed by atoms with Crippen molar-refractivity contribution in [3.05, 3.63) is 64.8 Å². The second kappa shape index (κ2) is 7.71. The number of anilines is 1. The number of nitrogens with one attached hydrogen (secondary N) is 2. The first kappa shape index (κ1) is 20.6. The minimum atomic E-state index is -1.62. The molecule has 2 aliphatic rings. The van der Waals surface area contributed by atoms with Crippen molar-refractivity contribution in [1.82, 2.24) is 9.88 Å². The highest BCUT2D eigenvalue weighted by Gasteiger charge is 2.49. The van der Waals surface area contributed by atoms with Crippen molar-refractivity contribution in [3.8, 4) is 5.75 Å². The zero-order valence-corrected chi connectivity index (χ0v) is 18.8. The Kier molecular flexibility index (Phi) is 4.97. The number of hydrogen-bond acceptors (Lipinski definition) is 3. The van der Waals surface area contributed by atoms with Gasteiger partial charge in [-0.1, -0.05) is 42.8 Å². The quantitative estimate of drug-likeness (QED) is 0.564. The smallest absolute Gasteiger partial charge is 0.278 e. The third kappa shape index (κ3) is 3.26. The number of aromatic amines is 1. The summed E-state index contributed by atoms with van der Waals surface area (Å²) >= 11 is 6.00. The number of carbonyl (C=O) groups is 2. The lowest BCUT2D eigenvalue weighted by Gasteiger charge is -2.38. The number of amides is 2. The van der Waals surface area contributed by atoms with E-state index in [9.17, 15) is 9.59 Å². The van der Waals surface area contributed by atoms with E-state index in [-0.39, 0.29) is 5.91 Å². The predicted molar refractivity (Wildman–Crippen MR) is 126 cm³/mol. The first-order chi connectivity index (χ1) is 15.4. The van der Waals surface area contributed by atoms with Gasteiger partial charge < -0.3 is 19.9 Å².